The van der Waals surface area contributed by atoms with Crippen LogP contribution >= 0.6 is 22.9 Å². The van der Waals surface area contributed by atoms with E-state index in [0.717, 1.165) is 15.8 Å². The van der Waals surface area contributed by atoms with Crippen LogP contribution in [0.25, 0.3) is 21.5 Å². The molecule has 2 aromatic heterocycles. The molecule has 1 amide bonds. The number of benzene rings is 2. The van der Waals surface area contributed by atoms with Gasteiger partial charge in [-0.2, -0.15) is 5.10 Å². The summed E-state index contributed by atoms with van der Waals surface area (Å²) in [5.74, 6) is -0.133. The standard InChI is InChI=1S/C21H17ClN4O2S/c22-15-9-7-14(8-10-15)16-11-12-20(28)26(25-16)13-3-6-19(27)24-21-23-17-4-1-2-5-18(17)29-21/h1-2,4-5,7-12H,3,6,13H2,(H,23,24,27). The van der Waals surface area contributed by atoms with Gasteiger partial charge in [0.05, 0.1) is 15.9 Å². The minimum Gasteiger partial charge on any atom is -0.302 e. The molecule has 4 aromatic rings. The van der Waals surface area contributed by atoms with E-state index in [0.29, 0.717) is 28.8 Å². The van der Waals surface area contributed by atoms with Gasteiger partial charge in [0.15, 0.2) is 5.13 Å². The van der Waals surface area contributed by atoms with E-state index >= 15 is 0 Å². The zero-order valence-corrected chi connectivity index (χ0v) is 16.9. The van der Waals surface area contributed by atoms with Crippen LogP contribution in [0.4, 0.5) is 5.13 Å². The lowest BCUT2D eigenvalue weighted by Crippen LogP contribution is -2.23. The number of thiazole rings is 1. The van der Waals surface area contributed by atoms with Crippen molar-refractivity contribution < 1.29 is 4.79 Å². The SMILES string of the molecule is O=C(CCCn1nc(-c2ccc(Cl)cc2)ccc1=O)Nc1nc2ccccc2s1. The van der Waals surface area contributed by atoms with Gasteiger partial charge >= 0.3 is 0 Å². The molecule has 8 heteroatoms. The molecule has 0 fully saturated rings. The average Bonchev–Trinajstić information content (AvgIpc) is 3.12. The summed E-state index contributed by atoms with van der Waals surface area (Å²) in [6.45, 7) is 0.355. The minimum absolute atomic E-state index is 0.133. The molecule has 0 bridgehead atoms. The molecule has 0 aliphatic rings. The van der Waals surface area contributed by atoms with Gasteiger partial charge in [0, 0.05) is 29.6 Å². The fraction of sp³-hybridized carbons (Fsp3) is 0.143. The lowest BCUT2D eigenvalue weighted by molar-refractivity contribution is -0.116. The third-order valence-corrected chi connectivity index (χ3v) is 5.52. The molecule has 4 rings (SSSR count). The van der Waals surface area contributed by atoms with E-state index in [1.165, 1.54) is 22.1 Å². The molecule has 2 aromatic carbocycles. The molecule has 0 unspecified atom stereocenters. The maximum absolute atomic E-state index is 12.2. The van der Waals surface area contributed by atoms with Gasteiger partial charge in [-0.05, 0) is 36.8 Å². The number of carbonyl (C=O) groups excluding carboxylic acids is 1. The van der Waals surface area contributed by atoms with Crippen LogP contribution in [-0.2, 0) is 11.3 Å². The average molecular weight is 425 g/mol. The Kier molecular flexibility index (Phi) is 5.69. The smallest absolute Gasteiger partial charge is 0.266 e. The highest BCUT2D eigenvalue weighted by Crippen LogP contribution is 2.25. The van der Waals surface area contributed by atoms with Gasteiger partial charge in [0.1, 0.15) is 0 Å². The van der Waals surface area contributed by atoms with Gasteiger partial charge < -0.3 is 5.32 Å². The number of hydrogen-bond acceptors (Lipinski definition) is 5. The molecule has 2 heterocycles. The first-order chi connectivity index (χ1) is 14.1. The van der Waals surface area contributed by atoms with Crippen molar-refractivity contribution in [3.8, 4) is 11.3 Å². The quantitative estimate of drug-likeness (QED) is 0.491. The third kappa shape index (κ3) is 4.70. The maximum atomic E-state index is 12.2. The van der Waals surface area contributed by atoms with Crippen LogP contribution < -0.4 is 10.9 Å². The number of anilines is 1. The molecule has 0 aliphatic heterocycles. The van der Waals surface area contributed by atoms with Crippen LogP contribution in [0.2, 0.25) is 5.02 Å². The minimum atomic E-state index is -0.200. The Morgan fingerprint density at radius 2 is 1.86 bits per heavy atom. The molecule has 0 saturated carbocycles. The molecule has 146 valence electrons. The van der Waals surface area contributed by atoms with Crippen LogP contribution in [0.15, 0.2) is 65.5 Å². The number of carbonyl (C=O) groups is 1. The summed E-state index contributed by atoms with van der Waals surface area (Å²) < 4.78 is 2.41. The molecular formula is C21H17ClN4O2S. The predicted octanol–water partition coefficient (Wildman–Crippen LogP) is 4.59. The number of aryl methyl sites for hydroxylation is 1. The summed E-state index contributed by atoms with van der Waals surface area (Å²) in [6, 6.07) is 18.2. The number of amides is 1. The Morgan fingerprint density at radius 1 is 1.07 bits per heavy atom. The van der Waals surface area contributed by atoms with Crippen molar-refractivity contribution in [1.29, 1.82) is 0 Å². The first-order valence-corrected chi connectivity index (χ1v) is 10.3. The molecule has 0 radical (unpaired) electrons. The van der Waals surface area contributed by atoms with Gasteiger partial charge in [-0.3, -0.25) is 9.59 Å². The van der Waals surface area contributed by atoms with E-state index in [-0.39, 0.29) is 17.9 Å². The van der Waals surface area contributed by atoms with Gasteiger partial charge in [-0.15, -0.1) is 0 Å². The lowest BCUT2D eigenvalue weighted by Gasteiger charge is -2.07. The largest absolute Gasteiger partial charge is 0.302 e. The summed E-state index contributed by atoms with van der Waals surface area (Å²) >= 11 is 7.36. The summed E-state index contributed by atoms with van der Waals surface area (Å²) in [6.07, 6.45) is 0.767. The summed E-state index contributed by atoms with van der Waals surface area (Å²) in [7, 11) is 0. The number of para-hydroxylation sites is 1. The van der Waals surface area contributed by atoms with Crippen molar-refractivity contribution in [2.45, 2.75) is 19.4 Å². The fourth-order valence-electron chi connectivity index (χ4n) is 2.88. The van der Waals surface area contributed by atoms with E-state index in [1.807, 2.05) is 36.4 Å². The monoisotopic (exact) mass is 424 g/mol. The Morgan fingerprint density at radius 3 is 2.66 bits per heavy atom. The zero-order chi connectivity index (χ0) is 20.2. The van der Waals surface area contributed by atoms with Gasteiger partial charge in [-0.25, -0.2) is 9.67 Å². The number of rotatable bonds is 6. The second-order valence-corrected chi connectivity index (χ2v) is 7.89. The van der Waals surface area contributed by atoms with E-state index in [1.54, 1.807) is 18.2 Å². The van der Waals surface area contributed by atoms with Crippen molar-refractivity contribution in [3.63, 3.8) is 0 Å². The molecule has 29 heavy (non-hydrogen) atoms. The zero-order valence-electron chi connectivity index (χ0n) is 15.3. The fourth-order valence-corrected chi connectivity index (χ4v) is 3.89. The Bertz CT molecular complexity index is 1180. The second-order valence-electron chi connectivity index (χ2n) is 6.43. The van der Waals surface area contributed by atoms with Crippen molar-refractivity contribution >= 4 is 44.2 Å². The Balaban J connectivity index is 1.37. The first kappa shape index (κ1) is 19.3. The maximum Gasteiger partial charge on any atom is 0.266 e. The number of fused-ring (bicyclic) bond motifs is 1. The summed E-state index contributed by atoms with van der Waals surface area (Å²) in [4.78, 5) is 28.7. The number of halogens is 1. The molecular weight excluding hydrogens is 408 g/mol. The van der Waals surface area contributed by atoms with Crippen LogP contribution in [0.3, 0.4) is 0 Å². The first-order valence-electron chi connectivity index (χ1n) is 9.08. The van der Waals surface area contributed by atoms with Gasteiger partial charge in [0.25, 0.3) is 5.56 Å². The number of nitrogens with zero attached hydrogens (tertiary/aromatic N) is 3. The number of hydrogen-bond donors (Lipinski definition) is 1. The molecule has 0 spiro atoms. The summed E-state index contributed by atoms with van der Waals surface area (Å²) in [5.41, 5.74) is 2.22. The highest BCUT2D eigenvalue weighted by molar-refractivity contribution is 7.22. The highest BCUT2D eigenvalue weighted by Gasteiger charge is 2.09. The van der Waals surface area contributed by atoms with E-state index in [2.05, 4.69) is 15.4 Å². The molecule has 1 N–H and O–H groups in total. The van der Waals surface area contributed by atoms with Crippen LogP contribution in [0.5, 0.6) is 0 Å². The van der Waals surface area contributed by atoms with E-state index in [4.69, 9.17) is 11.6 Å². The topological polar surface area (TPSA) is 76.9 Å². The normalized spacial score (nSPS) is 10.9. The Hall–Kier alpha value is -3.03. The lowest BCUT2D eigenvalue weighted by atomic mass is 10.1. The number of aromatic nitrogens is 3. The molecule has 0 saturated heterocycles. The molecule has 0 aliphatic carbocycles. The van der Waals surface area contributed by atoms with Crippen LogP contribution in [-0.4, -0.2) is 20.7 Å². The second kappa shape index (κ2) is 8.55. The molecule has 0 atom stereocenters. The van der Waals surface area contributed by atoms with Crippen molar-refractivity contribution in [1.82, 2.24) is 14.8 Å². The van der Waals surface area contributed by atoms with Crippen molar-refractivity contribution in [2.24, 2.45) is 0 Å². The van der Waals surface area contributed by atoms with Gasteiger partial charge in [0.2, 0.25) is 5.91 Å². The molecule has 6 nitrogen and oxygen atoms in total. The van der Waals surface area contributed by atoms with Crippen LogP contribution in [0.1, 0.15) is 12.8 Å². The third-order valence-electron chi connectivity index (χ3n) is 4.32. The predicted molar refractivity (Wildman–Crippen MR) is 116 cm³/mol. The number of nitrogens with one attached hydrogen (secondary N) is 1. The van der Waals surface area contributed by atoms with Crippen molar-refractivity contribution in [3.05, 3.63) is 76.0 Å². The van der Waals surface area contributed by atoms with Gasteiger partial charge in [-0.1, -0.05) is 47.2 Å². The van der Waals surface area contributed by atoms with Crippen LogP contribution in [0, 0.1) is 0 Å². The Labute approximate surface area is 175 Å². The highest BCUT2D eigenvalue weighted by atomic mass is 35.5. The van der Waals surface area contributed by atoms with E-state index in [9.17, 15) is 9.59 Å². The van der Waals surface area contributed by atoms with E-state index < -0.39 is 0 Å². The summed E-state index contributed by atoms with van der Waals surface area (Å²) in [5, 5.41) is 8.44. The van der Waals surface area contributed by atoms with Crippen molar-refractivity contribution in [2.75, 3.05) is 5.32 Å².